The highest BCUT2D eigenvalue weighted by atomic mass is 19.1. The molecule has 4 aromatic rings. The number of benzene rings is 1. The first-order valence-corrected chi connectivity index (χ1v) is 9.45. The molecule has 1 saturated carbocycles. The highest BCUT2D eigenvalue weighted by Crippen LogP contribution is 2.47. The summed E-state index contributed by atoms with van der Waals surface area (Å²) in [7, 11) is 1.59. The van der Waals surface area contributed by atoms with Crippen LogP contribution in [-0.4, -0.2) is 31.2 Å². The average Bonchev–Trinajstić information content (AvgIpc) is 3.15. The smallest absolute Gasteiger partial charge is 0.279 e. The first-order valence-electron chi connectivity index (χ1n) is 9.45. The number of ether oxygens (including phenoxy) is 1. The average molecular weight is 408 g/mol. The number of imidazole rings is 1. The predicted octanol–water partition coefficient (Wildman–Crippen LogP) is 2.93. The van der Waals surface area contributed by atoms with Crippen molar-refractivity contribution in [3.63, 3.8) is 0 Å². The third kappa shape index (κ3) is 2.35. The van der Waals surface area contributed by atoms with E-state index in [2.05, 4.69) is 15.1 Å². The molecule has 0 saturated heterocycles. The molecule has 30 heavy (non-hydrogen) atoms. The Bertz CT molecular complexity index is 1420. The molecular formula is C20H17FN6O3. The Hall–Kier alpha value is -3.58. The zero-order valence-electron chi connectivity index (χ0n) is 16.5. The van der Waals surface area contributed by atoms with Crippen LogP contribution in [0.5, 0.6) is 0 Å². The maximum absolute atomic E-state index is 14.3. The fourth-order valence-corrected chi connectivity index (χ4v) is 3.84. The number of hydrogen-bond acceptors (Lipinski definition) is 7. The van der Waals surface area contributed by atoms with E-state index < -0.39 is 17.0 Å². The minimum absolute atomic E-state index is 0.102. The van der Waals surface area contributed by atoms with Gasteiger partial charge in [-0.05, 0) is 38.8 Å². The van der Waals surface area contributed by atoms with E-state index in [4.69, 9.17) is 9.26 Å². The highest BCUT2D eigenvalue weighted by Gasteiger charge is 2.49. The molecule has 0 amide bonds. The molecule has 1 fully saturated rings. The third-order valence-electron chi connectivity index (χ3n) is 5.55. The quantitative estimate of drug-likeness (QED) is 0.510. The van der Waals surface area contributed by atoms with Gasteiger partial charge >= 0.3 is 0 Å². The Morgan fingerprint density at radius 2 is 2.10 bits per heavy atom. The van der Waals surface area contributed by atoms with Gasteiger partial charge in [-0.2, -0.15) is 10.2 Å². The van der Waals surface area contributed by atoms with Gasteiger partial charge in [-0.3, -0.25) is 9.20 Å². The summed E-state index contributed by atoms with van der Waals surface area (Å²) in [5.74, 6) is -0.167. The van der Waals surface area contributed by atoms with E-state index in [1.165, 1.54) is 27.4 Å². The van der Waals surface area contributed by atoms with Crippen molar-refractivity contribution < 1.29 is 13.7 Å². The lowest BCUT2D eigenvalue weighted by atomic mass is 10.1. The molecule has 10 heteroatoms. The summed E-state index contributed by atoms with van der Waals surface area (Å²) in [5, 5.41) is 13.5. The molecule has 0 spiro atoms. The summed E-state index contributed by atoms with van der Waals surface area (Å²) in [6.07, 6.45) is 3.02. The number of rotatable bonds is 4. The van der Waals surface area contributed by atoms with Gasteiger partial charge in [0.05, 0.1) is 11.0 Å². The van der Waals surface area contributed by atoms with Gasteiger partial charge in [0.25, 0.3) is 11.4 Å². The van der Waals surface area contributed by atoms with Crippen LogP contribution in [0.4, 0.5) is 4.39 Å². The summed E-state index contributed by atoms with van der Waals surface area (Å²) in [5.41, 5.74) is -0.0248. The van der Waals surface area contributed by atoms with Gasteiger partial charge in [-0.15, -0.1) is 0 Å². The van der Waals surface area contributed by atoms with Gasteiger partial charge in [0, 0.05) is 13.2 Å². The van der Waals surface area contributed by atoms with E-state index in [0.717, 1.165) is 12.8 Å². The van der Waals surface area contributed by atoms with Crippen LogP contribution in [0.25, 0.3) is 28.1 Å². The van der Waals surface area contributed by atoms with Crippen LogP contribution < -0.4 is 5.56 Å². The second kappa shape index (κ2) is 6.21. The second-order valence-corrected chi connectivity index (χ2v) is 7.60. The maximum Gasteiger partial charge on any atom is 0.279 e. The van der Waals surface area contributed by atoms with Crippen molar-refractivity contribution >= 4 is 16.6 Å². The van der Waals surface area contributed by atoms with Gasteiger partial charge < -0.3 is 13.8 Å². The molecule has 9 nitrogen and oxygen atoms in total. The first-order chi connectivity index (χ1) is 14.4. The fraction of sp³-hybridized carbons (Fsp3) is 0.350. The maximum atomic E-state index is 14.3. The molecule has 3 heterocycles. The Morgan fingerprint density at radius 1 is 1.33 bits per heavy atom. The van der Waals surface area contributed by atoms with Gasteiger partial charge in [0.2, 0.25) is 5.82 Å². The SMILES string of the molecule is COC1(c2noc(-c3ncn4c3c(=O)n(C(C)C)c3c(C#N)c(F)ccc34)n2)CC1. The number of hydrogen-bond donors (Lipinski definition) is 0. The summed E-state index contributed by atoms with van der Waals surface area (Å²) in [4.78, 5) is 22.2. The normalized spacial score (nSPS) is 15.2. The van der Waals surface area contributed by atoms with Crippen molar-refractivity contribution in [2.24, 2.45) is 0 Å². The van der Waals surface area contributed by atoms with Gasteiger partial charge in [-0.1, -0.05) is 5.16 Å². The standard InChI is InChI=1S/C20H17FN6O3/c1-10(2)27-15-11(8-22)12(21)4-5-13(15)26-9-23-14(16(26)18(27)28)17-24-19(25-30-17)20(29-3)6-7-20/h4-5,9-10H,6-7H2,1-3H3. The van der Waals surface area contributed by atoms with Crippen LogP contribution in [0.2, 0.25) is 0 Å². The molecule has 3 aromatic heterocycles. The summed E-state index contributed by atoms with van der Waals surface area (Å²) < 4.78 is 28.1. The molecule has 1 aliphatic carbocycles. The predicted molar refractivity (Wildman–Crippen MR) is 103 cm³/mol. The van der Waals surface area contributed by atoms with Crippen LogP contribution in [0.15, 0.2) is 27.8 Å². The van der Waals surface area contributed by atoms with Crippen molar-refractivity contribution in [2.75, 3.05) is 7.11 Å². The molecule has 1 aromatic carbocycles. The van der Waals surface area contributed by atoms with Crippen LogP contribution >= 0.6 is 0 Å². The topological polar surface area (TPSA) is 111 Å². The summed E-state index contributed by atoms with van der Waals surface area (Å²) >= 11 is 0. The Morgan fingerprint density at radius 3 is 2.73 bits per heavy atom. The van der Waals surface area contributed by atoms with Crippen LogP contribution in [-0.2, 0) is 10.3 Å². The lowest BCUT2D eigenvalue weighted by molar-refractivity contribution is 0.0689. The monoisotopic (exact) mass is 408 g/mol. The Balaban J connectivity index is 1.84. The third-order valence-corrected chi connectivity index (χ3v) is 5.55. The van der Waals surface area contributed by atoms with Crippen molar-refractivity contribution in [2.45, 2.75) is 38.3 Å². The van der Waals surface area contributed by atoms with E-state index in [0.29, 0.717) is 11.3 Å². The van der Waals surface area contributed by atoms with Crippen LogP contribution in [0.1, 0.15) is 44.1 Å². The van der Waals surface area contributed by atoms with Crippen molar-refractivity contribution in [3.05, 3.63) is 46.0 Å². The van der Waals surface area contributed by atoms with Crippen molar-refractivity contribution in [1.29, 1.82) is 5.26 Å². The Kier molecular flexibility index (Phi) is 3.82. The van der Waals surface area contributed by atoms with E-state index in [-0.39, 0.29) is 34.2 Å². The van der Waals surface area contributed by atoms with E-state index in [1.54, 1.807) is 21.0 Å². The molecule has 0 atom stereocenters. The second-order valence-electron chi connectivity index (χ2n) is 7.60. The molecule has 1 aliphatic rings. The van der Waals surface area contributed by atoms with Crippen molar-refractivity contribution in [1.82, 2.24) is 24.1 Å². The minimum atomic E-state index is -0.686. The highest BCUT2D eigenvalue weighted by molar-refractivity contribution is 5.87. The summed E-state index contributed by atoms with van der Waals surface area (Å²) in [6.45, 7) is 3.58. The first kappa shape index (κ1) is 18.4. The van der Waals surface area contributed by atoms with E-state index in [9.17, 15) is 14.4 Å². The molecule has 0 radical (unpaired) electrons. The molecule has 0 aliphatic heterocycles. The fourth-order valence-electron chi connectivity index (χ4n) is 3.84. The largest absolute Gasteiger partial charge is 0.370 e. The number of methoxy groups -OCH3 is 1. The molecule has 0 unspecified atom stereocenters. The minimum Gasteiger partial charge on any atom is -0.370 e. The lowest BCUT2D eigenvalue weighted by Gasteiger charge is -2.16. The number of aromatic nitrogens is 5. The van der Waals surface area contributed by atoms with Crippen molar-refractivity contribution in [3.8, 4) is 17.7 Å². The summed E-state index contributed by atoms with van der Waals surface area (Å²) in [6, 6.07) is 4.27. The Labute approximate surface area is 169 Å². The van der Waals surface area contributed by atoms with E-state index >= 15 is 0 Å². The van der Waals surface area contributed by atoms with Gasteiger partial charge in [0.15, 0.2) is 5.69 Å². The zero-order valence-corrected chi connectivity index (χ0v) is 16.5. The molecule has 5 rings (SSSR count). The molecule has 152 valence electrons. The number of fused-ring (bicyclic) bond motifs is 3. The molecule has 0 bridgehead atoms. The molecule has 0 N–H and O–H groups in total. The number of halogens is 1. The molecular weight excluding hydrogens is 391 g/mol. The van der Waals surface area contributed by atoms with Crippen LogP contribution in [0.3, 0.4) is 0 Å². The number of nitrogens with zero attached hydrogens (tertiary/aromatic N) is 6. The lowest BCUT2D eigenvalue weighted by Crippen LogP contribution is -2.25. The number of nitriles is 1. The zero-order chi connectivity index (χ0) is 21.2. The van der Waals surface area contributed by atoms with Gasteiger partial charge in [-0.25, -0.2) is 9.37 Å². The van der Waals surface area contributed by atoms with E-state index in [1.807, 2.05) is 6.07 Å². The van der Waals surface area contributed by atoms with Gasteiger partial charge in [0.1, 0.15) is 34.9 Å². The van der Waals surface area contributed by atoms with Crippen LogP contribution in [0, 0.1) is 17.1 Å².